The van der Waals surface area contributed by atoms with Crippen LogP contribution in [0.2, 0.25) is 0 Å². The van der Waals surface area contributed by atoms with E-state index in [1.807, 2.05) is 24.3 Å². The van der Waals surface area contributed by atoms with Crippen molar-refractivity contribution in [2.75, 3.05) is 26.8 Å². The third-order valence-electron chi connectivity index (χ3n) is 2.87. The molecule has 0 atom stereocenters. The van der Waals surface area contributed by atoms with Crippen LogP contribution in [0, 0.1) is 5.92 Å². The van der Waals surface area contributed by atoms with Gasteiger partial charge in [-0.25, -0.2) is 0 Å². The van der Waals surface area contributed by atoms with Gasteiger partial charge < -0.3 is 14.8 Å². The van der Waals surface area contributed by atoms with Crippen molar-refractivity contribution >= 4 is 0 Å². The van der Waals surface area contributed by atoms with Crippen LogP contribution in [0.5, 0.6) is 5.75 Å². The predicted octanol–water partition coefficient (Wildman–Crippen LogP) is 3.24. The lowest BCUT2D eigenvalue weighted by molar-refractivity contribution is 0.117. The van der Waals surface area contributed by atoms with Gasteiger partial charge in [0.1, 0.15) is 5.75 Å². The molecule has 0 aliphatic carbocycles. The first-order valence-corrected chi connectivity index (χ1v) is 7.13. The van der Waals surface area contributed by atoms with E-state index < -0.39 is 0 Å². The molecule has 0 saturated heterocycles. The van der Waals surface area contributed by atoms with Gasteiger partial charge in [-0.05, 0) is 49.5 Å². The molecule has 0 bridgehead atoms. The number of rotatable bonds is 10. The highest BCUT2D eigenvalue weighted by molar-refractivity contribution is 5.26. The highest BCUT2D eigenvalue weighted by Gasteiger charge is 1.96. The van der Waals surface area contributed by atoms with E-state index in [0.29, 0.717) is 6.61 Å². The summed E-state index contributed by atoms with van der Waals surface area (Å²) >= 11 is 0. The third kappa shape index (κ3) is 7.85. The first-order chi connectivity index (χ1) is 9.22. The molecule has 108 valence electrons. The largest absolute Gasteiger partial charge is 0.497 e. The van der Waals surface area contributed by atoms with Crippen molar-refractivity contribution in [3.8, 4) is 5.75 Å². The van der Waals surface area contributed by atoms with Crippen LogP contribution in [0.25, 0.3) is 0 Å². The summed E-state index contributed by atoms with van der Waals surface area (Å²) in [5.41, 5.74) is 1.19. The van der Waals surface area contributed by atoms with Crippen LogP contribution in [-0.4, -0.2) is 26.8 Å². The fourth-order valence-corrected chi connectivity index (χ4v) is 1.76. The van der Waals surface area contributed by atoms with Crippen LogP contribution in [0.1, 0.15) is 32.3 Å². The number of benzene rings is 1. The Morgan fingerprint density at radius 3 is 2.47 bits per heavy atom. The Balaban J connectivity index is 1.98. The molecule has 0 aromatic heterocycles. The standard InChI is InChI=1S/C16H27NO2/c1-14(2)12-17-10-4-5-11-19-13-15-6-8-16(18-3)9-7-15/h6-9,14,17H,4-5,10-13H2,1-3H3. The van der Waals surface area contributed by atoms with Crippen molar-refractivity contribution in [2.45, 2.75) is 33.3 Å². The maximum atomic E-state index is 5.65. The maximum absolute atomic E-state index is 5.65. The summed E-state index contributed by atoms with van der Waals surface area (Å²) in [6, 6.07) is 8.02. The average molecular weight is 265 g/mol. The van der Waals surface area contributed by atoms with Gasteiger partial charge in [-0.1, -0.05) is 26.0 Å². The van der Waals surface area contributed by atoms with Crippen molar-refractivity contribution in [1.29, 1.82) is 0 Å². The van der Waals surface area contributed by atoms with Gasteiger partial charge in [0.25, 0.3) is 0 Å². The molecule has 1 aromatic rings. The molecule has 0 spiro atoms. The number of hydrogen-bond acceptors (Lipinski definition) is 3. The van der Waals surface area contributed by atoms with Crippen LogP contribution in [0.4, 0.5) is 0 Å². The summed E-state index contributed by atoms with van der Waals surface area (Å²) in [5, 5.41) is 3.44. The van der Waals surface area contributed by atoms with E-state index in [-0.39, 0.29) is 0 Å². The highest BCUT2D eigenvalue weighted by atomic mass is 16.5. The van der Waals surface area contributed by atoms with Crippen LogP contribution in [0.15, 0.2) is 24.3 Å². The van der Waals surface area contributed by atoms with Gasteiger partial charge >= 0.3 is 0 Å². The molecule has 0 heterocycles. The number of methoxy groups -OCH3 is 1. The average Bonchev–Trinajstić information content (AvgIpc) is 2.42. The fourth-order valence-electron chi connectivity index (χ4n) is 1.76. The second-order valence-electron chi connectivity index (χ2n) is 5.21. The summed E-state index contributed by atoms with van der Waals surface area (Å²) in [5.74, 6) is 1.62. The SMILES string of the molecule is COc1ccc(COCCCCNCC(C)C)cc1. The van der Waals surface area contributed by atoms with Crippen LogP contribution >= 0.6 is 0 Å². The Morgan fingerprint density at radius 2 is 1.84 bits per heavy atom. The molecular weight excluding hydrogens is 238 g/mol. The molecule has 0 saturated carbocycles. The van der Waals surface area contributed by atoms with Crippen LogP contribution in [-0.2, 0) is 11.3 Å². The van der Waals surface area contributed by atoms with Gasteiger partial charge in [-0.15, -0.1) is 0 Å². The minimum absolute atomic E-state index is 0.684. The fraction of sp³-hybridized carbons (Fsp3) is 0.625. The lowest BCUT2D eigenvalue weighted by Crippen LogP contribution is -2.20. The minimum Gasteiger partial charge on any atom is -0.497 e. The zero-order chi connectivity index (χ0) is 13.9. The molecule has 19 heavy (non-hydrogen) atoms. The Bertz CT molecular complexity index is 322. The quantitative estimate of drug-likeness (QED) is 0.659. The Kier molecular flexibility index (Phi) is 8.26. The van der Waals surface area contributed by atoms with E-state index in [1.165, 1.54) is 12.0 Å². The van der Waals surface area contributed by atoms with Crippen molar-refractivity contribution in [1.82, 2.24) is 5.32 Å². The van der Waals surface area contributed by atoms with Crippen molar-refractivity contribution in [3.05, 3.63) is 29.8 Å². The Labute approximate surface area is 117 Å². The molecule has 0 aliphatic heterocycles. The van der Waals surface area contributed by atoms with Crippen molar-refractivity contribution in [2.24, 2.45) is 5.92 Å². The molecule has 0 amide bonds. The number of hydrogen-bond donors (Lipinski definition) is 1. The maximum Gasteiger partial charge on any atom is 0.118 e. The molecular formula is C16H27NO2. The third-order valence-corrected chi connectivity index (χ3v) is 2.87. The first-order valence-electron chi connectivity index (χ1n) is 7.13. The lowest BCUT2D eigenvalue weighted by atomic mass is 10.2. The van der Waals surface area contributed by atoms with Gasteiger partial charge in [-0.2, -0.15) is 0 Å². The van der Waals surface area contributed by atoms with Gasteiger partial charge in [-0.3, -0.25) is 0 Å². The number of nitrogens with one attached hydrogen (secondary N) is 1. The second kappa shape index (κ2) is 9.82. The molecule has 0 aliphatic rings. The topological polar surface area (TPSA) is 30.5 Å². The van der Waals surface area contributed by atoms with Gasteiger partial charge in [0.2, 0.25) is 0 Å². The van der Waals surface area contributed by atoms with Crippen LogP contribution < -0.4 is 10.1 Å². The molecule has 0 fully saturated rings. The van der Waals surface area contributed by atoms with Crippen LogP contribution in [0.3, 0.4) is 0 Å². The second-order valence-corrected chi connectivity index (χ2v) is 5.21. The molecule has 1 rings (SSSR count). The molecule has 3 nitrogen and oxygen atoms in total. The van der Waals surface area contributed by atoms with E-state index in [1.54, 1.807) is 7.11 Å². The predicted molar refractivity (Wildman–Crippen MR) is 79.6 cm³/mol. The summed E-state index contributed by atoms with van der Waals surface area (Å²) < 4.78 is 10.8. The molecule has 3 heteroatoms. The number of unbranched alkanes of at least 4 members (excludes halogenated alkanes) is 1. The normalized spacial score (nSPS) is 10.9. The molecule has 1 N–H and O–H groups in total. The van der Waals surface area contributed by atoms with Gasteiger partial charge in [0, 0.05) is 6.61 Å². The lowest BCUT2D eigenvalue weighted by Gasteiger charge is -2.08. The Hall–Kier alpha value is -1.06. The van der Waals surface area contributed by atoms with Crippen molar-refractivity contribution in [3.63, 3.8) is 0 Å². The van der Waals surface area contributed by atoms with Gasteiger partial charge in [0.15, 0.2) is 0 Å². The highest BCUT2D eigenvalue weighted by Crippen LogP contribution is 2.11. The van der Waals surface area contributed by atoms with E-state index in [4.69, 9.17) is 9.47 Å². The van der Waals surface area contributed by atoms with E-state index in [2.05, 4.69) is 19.2 Å². The summed E-state index contributed by atoms with van der Waals surface area (Å²) in [4.78, 5) is 0. The van der Waals surface area contributed by atoms with E-state index in [9.17, 15) is 0 Å². The van der Waals surface area contributed by atoms with Gasteiger partial charge in [0.05, 0.1) is 13.7 Å². The first kappa shape index (κ1) is 16.0. The molecule has 0 radical (unpaired) electrons. The summed E-state index contributed by atoms with van der Waals surface area (Å²) in [7, 11) is 1.68. The molecule has 1 aromatic carbocycles. The van der Waals surface area contributed by atoms with Crippen molar-refractivity contribution < 1.29 is 9.47 Å². The summed E-state index contributed by atoms with van der Waals surface area (Å²) in [6.07, 6.45) is 2.29. The van der Waals surface area contributed by atoms with E-state index in [0.717, 1.165) is 37.8 Å². The zero-order valence-corrected chi connectivity index (χ0v) is 12.4. The minimum atomic E-state index is 0.684. The Morgan fingerprint density at radius 1 is 1.11 bits per heavy atom. The number of ether oxygens (including phenoxy) is 2. The molecule has 0 unspecified atom stereocenters. The monoisotopic (exact) mass is 265 g/mol. The smallest absolute Gasteiger partial charge is 0.118 e. The summed E-state index contributed by atoms with van der Waals surface area (Å²) in [6.45, 7) is 8.16. The zero-order valence-electron chi connectivity index (χ0n) is 12.4. The van der Waals surface area contributed by atoms with E-state index >= 15 is 0 Å².